The number of amides is 2. The molecule has 3 aromatic rings. The highest BCUT2D eigenvalue weighted by Crippen LogP contribution is 2.33. The summed E-state index contributed by atoms with van der Waals surface area (Å²) < 4.78 is 5.35. The van der Waals surface area contributed by atoms with Crippen molar-refractivity contribution < 1.29 is 14.3 Å². The number of anilines is 1. The minimum absolute atomic E-state index is 0.0824. The molecule has 7 heteroatoms. The van der Waals surface area contributed by atoms with Crippen LogP contribution in [0.15, 0.2) is 48.5 Å². The van der Waals surface area contributed by atoms with Crippen molar-refractivity contribution in [3.63, 3.8) is 0 Å². The van der Waals surface area contributed by atoms with Crippen LogP contribution < -0.4 is 15.0 Å². The Balaban J connectivity index is 1.46. The van der Waals surface area contributed by atoms with Gasteiger partial charge < -0.3 is 19.9 Å². The number of methoxy groups -OCH3 is 1. The fourth-order valence-electron chi connectivity index (χ4n) is 3.55. The molecule has 0 bridgehead atoms. The summed E-state index contributed by atoms with van der Waals surface area (Å²) in [5.41, 5.74) is 2.48. The first-order valence-corrected chi connectivity index (χ1v) is 9.25. The number of para-hydroxylation sites is 4. The third kappa shape index (κ3) is 3.31. The molecule has 1 aliphatic rings. The van der Waals surface area contributed by atoms with Crippen molar-refractivity contribution in [3.8, 4) is 5.75 Å². The van der Waals surface area contributed by atoms with Gasteiger partial charge in [0.05, 0.1) is 35.8 Å². The third-order valence-electron chi connectivity index (χ3n) is 5.05. The Morgan fingerprint density at radius 2 is 2.00 bits per heavy atom. The second kappa shape index (κ2) is 7.34. The standard InChI is InChI=1S/C21H22N4O3/c1-13(20-23-15-7-3-4-8-16(15)24-20)22-21(27)14-11-19(26)25(12-14)17-9-5-6-10-18(17)28-2/h3-10,13-14H,11-12H2,1-2H3,(H,22,27)(H,23,24)/t13-,14-/m0/s1. The number of H-pyrrole nitrogens is 1. The highest BCUT2D eigenvalue weighted by atomic mass is 16.5. The number of aromatic nitrogens is 2. The minimum atomic E-state index is -0.413. The molecule has 28 heavy (non-hydrogen) atoms. The molecule has 2 aromatic carbocycles. The summed E-state index contributed by atoms with van der Waals surface area (Å²) >= 11 is 0. The highest BCUT2D eigenvalue weighted by molar-refractivity contribution is 6.01. The average Bonchev–Trinajstić information content (AvgIpc) is 3.31. The molecule has 4 rings (SSSR count). The predicted octanol–water partition coefficient (Wildman–Crippen LogP) is 2.80. The van der Waals surface area contributed by atoms with Crippen molar-refractivity contribution in [3.05, 3.63) is 54.4 Å². The van der Waals surface area contributed by atoms with E-state index in [1.54, 1.807) is 18.1 Å². The number of fused-ring (bicyclic) bond motifs is 1. The largest absolute Gasteiger partial charge is 0.495 e. The molecule has 0 radical (unpaired) electrons. The van der Waals surface area contributed by atoms with E-state index >= 15 is 0 Å². The second-order valence-corrected chi connectivity index (χ2v) is 6.95. The van der Waals surface area contributed by atoms with E-state index < -0.39 is 5.92 Å². The van der Waals surface area contributed by atoms with E-state index in [4.69, 9.17) is 4.74 Å². The van der Waals surface area contributed by atoms with Crippen LogP contribution in [0, 0.1) is 5.92 Å². The van der Waals surface area contributed by atoms with Crippen LogP contribution in [0.4, 0.5) is 5.69 Å². The van der Waals surface area contributed by atoms with Crippen LogP contribution in [0.2, 0.25) is 0 Å². The van der Waals surface area contributed by atoms with Crippen LogP contribution in [0.3, 0.4) is 0 Å². The number of carbonyl (C=O) groups is 2. The fourth-order valence-corrected chi connectivity index (χ4v) is 3.55. The zero-order valence-corrected chi connectivity index (χ0v) is 15.8. The van der Waals surface area contributed by atoms with Crippen molar-refractivity contribution in [1.82, 2.24) is 15.3 Å². The number of hydrogen-bond acceptors (Lipinski definition) is 4. The molecule has 1 aromatic heterocycles. The molecule has 0 unspecified atom stereocenters. The van der Waals surface area contributed by atoms with Gasteiger partial charge in [0.25, 0.3) is 0 Å². The zero-order chi connectivity index (χ0) is 19.7. The molecule has 1 fully saturated rings. The summed E-state index contributed by atoms with van der Waals surface area (Å²) in [6.45, 7) is 2.21. The maximum Gasteiger partial charge on any atom is 0.227 e. The van der Waals surface area contributed by atoms with Crippen LogP contribution in [0.1, 0.15) is 25.2 Å². The molecular weight excluding hydrogens is 356 g/mol. The Morgan fingerprint density at radius 3 is 2.79 bits per heavy atom. The molecule has 2 N–H and O–H groups in total. The molecule has 0 spiro atoms. The minimum Gasteiger partial charge on any atom is -0.495 e. The van der Waals surface area contributed by atoms with Crippen molar-refractivity contribution in [2.24, 2.45) is 5.92 Å². The molecule has 2 heterocycles. The first kappa shape index (κ1) is 18.0. The fraction of sp³-hybridized carbons (Fsp3) is 0.286. The van der Waals surface area contributed by atoms with Crippen LogP contribution in [-0.4, -0.2) is 35.4 Å². The Bertz CT molecular complexity index is 996. The van der Waals surface area contributed by atoms with Crippen LogP contribution in [-0.2, 0) is 9.59 Å². The molecule has 7 nitrogen and oxygen atoms in total. The Morgan fingerprint density at radius 1 is 1.25 bits per heavy atom. The molecule has 2 atom stereocenters. The summed E-state index contributed by atoms with van der Waals surface area (Å²) in [5, 5.41) is 2.98. The number of nitrogens with zero attached hydrogens (tertiary/aromatic N) is 2. The number of imidazole rings is 1. The first-order valence-electron chi connectivity index (χ1n) is 9.25. The summed E-state index contributed by atoms with van der Waals surface area (Å²) in [6, 6.07) is 14.8. The predicted molar refractivity (Wildman–Crippen MR) is 106 cm³/mol. The lowest BCUT2D eigenvalue weighted by Crippen LogP contribution is -2.35. The normalized spacial score (nSPS) is 17.7. The second-order valence-electron chi connectivity index (χ2n) is 6.95. The van der Waals surface area contributed by atoms with Gasteiger partial charge in [-0.2, -0.15) is 0 Å². The van der Waals surface area contributed by atoms with Crippen molar-refractivity contribution in [2.45, 2.75) is 19.4 Å². The van der Waals surface area contributed by atoms with Gasteiger partial charge in [-0.15, -0.1) is 0 Å². The number of carbonyl (C=O) groups excluding carboxylic acids is 2. The first-order chi connectivity index (χ1) is 13.6. The maximum absolute atomic E-state index is 12.8. The van der Waals surface area contributed by atoms with Gasteiger partial charge in [0.2, 0.25) is 11.8 Å². The molecular formula is C21H22N4O3. The number of benzene rings is 2. The van der Waals surface area contributed by atoms with E-state index in [-0.39, 0.29) is 24.3 Å². The average molecular weight is 378 g/mol. The van der Waals surface area contributed by atoms with Gasteiger partial charge in [0.15, 0.2) is 0 Å². The Kier molecular flexibility index (Phi) is 4.73. The van der Waals surface area contributed by atoms with E-state index in [9.17, 15) is 9.59 Å². The van der Waals surface area contributed by atoms with Gasteiger partial charge in [-0.05, 0) is 31.2 Å². The van der Waals surface area contributed by atoms with Gasteiger partial charge >= 0.3 is 0 Å². The van der Waals surface area contributed by atoms with E-state index in [0.717, 1.165) is 11.0 Å². The number of rotatable bonds is 5. The summed E-state index contributed by atoms with van der Waals surface area (Å²) in [6.07, 6.45) is 0.177. The lowest BCUT2D eigenvalue weighted by Gasteiger charge is -2.20. The molecule has 0 saturated carbocycles. The topological polar surface area (TPSA) is 87.3 Å². The highest BCUT2D eigenvalue weighted by Gasteiger charge is 2.36. The van der Waals surface area contributed by atoms with E-state index in [1.807, 2.05) is 49.4 Å². The quantitative estimate of drug-likeness (QED) is 0.715. The maximum atomic E-state index is 12.8. The number of aromatic amines is 1. The summed E-state index contributed by atoms with van der Waals surface area (Å²) in [5.74, 6) is 0.664. The third-order valence-corrected chi connectivity index (χ3v) is 5.05. The van der Waals surface area contributed by atoms with Crippen LogP contribution in [0.5, 0.6) is 5.75 Å². The molecule has 1 saturated heterocycles. The molecule has 1 aliphatic heterocycles. The lowest BCUT2D eigenvalue weighted by molar-refractivity contribution is -0.126. The van der Waals surface area contributed by atoms with Gasteiger partial charge in [0, 0.05) is 13.0 Å². The SMILES string of the molecule is COc1ccccc1N1C[C@@H](C(=O)N[C@@H](C)c2nc3ccccc3[nH]2)CC1=O. The van der Waals surface area contributed by atoms with Crippen molar-refractivity contribution in [2.75, 3.05) is 18.6 Å². The Labute approximate surface area is 162 Å². The van der Waals surface area contributed by atoms with Crippen LogP contribution >= 0.6 is 0 Å². The van der Waals surface area contributed by atoms with Crippen LogP contribution in [0.25, 0.3) is 11.0 Å². The summed E-state index contributed by atoms with van der Waals surface area (Å²) in [4.78, 5) is 34.6. The van der Waals surface area contributed by atoms with E-state index in [1.165, 1.54) is 0 Å². The number of hydrogen-bond donors (Lipinski definition) is 2. The smallest absolute Gasteiger partial charge is 0.227 e. The van der Waals surface area contributed by atoms with E-state index in [2.05, 4.69) is 15.3 Å². The van der Waals surface area contributed by atoms with Gasteiger partial charge in [0.1, 0.15) is 11.6 Å². The molecule has 0 aliphatic carbocycles. The monoisotopic (exact) mass is 378 g/mol. The molecule has 2 amide bonds. The number of nitrogens with one attached hydrogen (secondary N) is 2. The van der Waals surface area contributed by atoms with Gasteiger partial charge in [-0.25, -0.2) is 4.98 Å². The van der Waals surface area contributed by atoms with E-state index in [0.29, 0.717) is 23.8 Å². The zero-order valence-electron chi connectivity index (χ0n) is 15.8. The summed E-state index contributed by atoms with van der Waals surface area (Å²) in [7, 11) is 1.57. The Hall–Kier alpha value is -3.35. The van der Waals surface area contributed by atoms with Crippen molar-refractivity contribution in [1.29, 1.82) is 0 Å². The van der Waals surface area contributed by atoms with Gasteiger partial charge in [-0.1, -0.05) is 24.3 Å². The van der Waals surface area contributed by atoms with Gasteiger partial charge in [-0.3, -0.25) is 9.59 Å². The lowest BCUT2D eigenvalue weighted by atomic mass is 10.1. The number of ether oxygens (including phenoxy) is 1. The molecule has 144 valence electrons. The van der Waals surface area contributed by atoms with Crippen molar-refractivity contribution >= 4 is 28.5 Å².